The molecule has 0 saturated carbocycles. The average Bonchev–Trinajstić information content (AvgIpc) is 3.05. The van der Waals surface area contributed by atoms with Crippen LogP contribution in [0.5, 0.6) is 0 Å². The molecule has 0 saturated heterocycles. The number of nitrogens with zero attached hydrogens (tertiary/aromatic N) is 3. The number of hydrogen-bond acceptors (Lipinski definition) is 5. The number of carbonyl (C=O) groups excluding carboxylic acids is 1. The number of nitrogens with one attached hydrogen (secondary N) is 1. The quantitative estimate of drug-likeness (QED) is 0.771. The number of hydrogen-bond donors (Lipinski definition) is 1. The van der Waals surface area contributed by atoms with E-state index >= 15 is 0 Å². The molecule has 1 atom stereocenters. The Balaban J connectivity index is 1.71. The lowest BCUT2D eigenvalue weighted by Crippen LogP contribution is -2.28. The maximum Gasteiger partial charge on any atom is 0.257 e. The number of anilines is 2. The van der Waals surface area contributed by atoms with Crippen LogP contribution < -0.4 is 15.8 Å². The van der Waals surface area contributed by atoms with Crippen LogP contribution in [0.2, 0.25) is 0 Å². The number of aryl methyl sites for hydroxylation is 2. The summed E-state index contributed by atoms with van der Waals surface area (Å²) in [4.78, 5) is 31.6. The molecule has 1 amide bonds. The Labute approximate surface area is 164 Å². The second-order valence-corrected chi connectivity index (χ2v) is 7.77. The van der Waals surface area contributed by atoms with E-state index in [1.54, 1.807) is 17.7 Å². The van der Waals surface area contributed by atoms with E-state index in [9.17, 15) is 9.59 Å². The summed E-state index contributed by atoms with van der Waals surface area (Å²) in [6, 6.07) is 5.94. The van der Waals surface area contributed by atoms with Gasteiger partial charge in [0.1, 0.15) is 0 Å². The first-order valence-corrected chi connectivity index (χ1v) is 10.3. The first-order chi connectivity index (χ1) is 12.9. The monoisotopic (exact) mass is 386 g/mol. The highest BCUT2D eigenvalue weighted by Crippen LogP contribution is 2.32. The Kier molecular flexibility index (Phi) is 5.89. The summed E-state index contributed by atoms with van der Waals surface area (Å²) in [6.45, 7) is 9.91. The highest BCUT2D eigenvalue weighted by atomic mass is 32.2. The van der Waals surface area contributed by atoms with Gasteiger partial charge in [0, 0.05) is 48.4 Å². The summed E-state index contributed by atoms with van der Waals surface area (Å²) in [5.74, 6) is 0.611. The number of thioether (sulfide) groups is 1. The van der Waals surface area contributed by atoms with Gasteiger partial charge >= 0.3 is 0 Å². The zero-order valence-corrected chi connectivity index (χ0v) is 17.1. The van der Waals surface area contributed by atoms with Crippen LogP contribution in [-0.4, -0.2) is 34.3 Å². The molecule has 0 radical (unpaired) electrons. The third kappa shape index (κ3) is 4.03. The number of carbonyl (C=O) groups is 1. The molecule has 144 valence electrons. The van der Waals surface area contributed by atoms with Crippen LogP contribution in [0.3, 0.4) is 0 Å². The number of rotatable bonds is 6. The van der Waals surface area contributed by atoms with Gasteiger partial charge in [-0.3, -0.25) is 14.2 Å². The van der Waals surface area contributed by atoms with E-state index in [1.165, 1.54) is 11.8 Å². The van der Waals surface area contributed by atoms with Gasteiger partial charge in [-0.15, -0.1) is 0 Å². The number of fused-ring (bicyclic) bond motifs is 1. The molecular formula is C20H26N4O2S. The molecule has 1 N–H and O–H groups in total. The molecule has 6 nitrogen and oxygen atoms in total. The molecule has 0 bridgehead atoms. The summed E-state index contributed by atoms with van der Waals surface area (Å²) >= 11 is 1.53. The Hall–Kier alpha value is -2.28. The van der Waals surface area contributed by atoms with Crippen molar-refractivity contribution in [2.45, 2.75) is 45.3 Å². The van der Waals surface area contributed by atoms with Gasteiger partial charge in [-0.2, -0.15) is 0 Å². The van der Waals surface area contributed by atoms with Crippen molar-refractivity contribution >= 4 is 29.0 Å². The van der Waals surface area contributed by atoms with Crippen molar-refractivity contribution in [2.75, 3.05) is 29.1 Å². The molecule has 1 aliphatic rings. The normalized spacial score (nSPS) is 15.5. The van der Waals surface area contributed by atoms with Crippen LogP contribution in [-0.2, 0) is 4.79 Å². The highest BCUT2D eigenvalue weighted by molar-refractivity contribution is 7.99. The van der Waals surface area contributed by atoms with E-state index in [1.807, 2.05) is 19.1 Å². The second-order valence-electron chi connectivity index (χ2n) is 6.79. The molecule has 1 unspecified atom stereocenters. The van der Waals surface area contributed by atoms with Gasteiger partial charge < -0.3 is 10.2 Å². The number of aromatic nitrogens is 2. The van der Waals surface area contributed by atoms with Gasteiger partial charge in [0.25, 0.3) is 5.56 Å². The van der Waals surface area contributed by atoms with Gasteiger partial charge in [-0.05, 0) is 51.5 Å². The highest BCUT2D eigenvalue weighted by Gasteiger charge is 2.27. The summed E-state index contributed by atoms with van der Waals surface area (Å²) in [5.41, 5.74) is 3.56. The standard InChI is InChI=1S/C20H26N4O2S/c1-5-23(6-2)15-7-8-17(13(3)9-15)22-18(25)10-16-12-27-20-21-11-14(4)19(26)24(16)20/h7-9,11,16H,5-6,10,12H2,1-4H3,(H,22,25). The second kappa shape index (κ2) is 8.17. The fraction of sp³-hybridized carbons (Fsp3) is 0.450. The Morgan fingerprint density at radius 2 is 2.04 bits per heavy atom. The summed E-state index contributed by atoms with van der Waals surface area (Å²) in [7, 11) is 0. The zero-order valence-electron chi connectivity index (χ0n) is 16.3. The van der Waals surface area contributed by atoms with Crippen molar-refractivity contribution in [2.24, 2.45) is 0 Å². The minimum Gasteiger partial charge on any atom is -0.372 e. The smallest absolute Gasteiger partial charge is 0.257 e. The van der Waals surface area contributed by atoms with Crippen LogP contribution in [0.1, 0.15) is 37.4 Å². The minimum atomic E-state index is -0.153. The molecule has 0 aliphatic carbocycles. The van der Waals surface area contributed by atoms with Crippen molar-refractivity contribution in [3.05, 3.63) is 45.9 Å². The van der Waals surface area contributed by atoms with Crippen molar-refractivity contribution in [1.29, 1.82) is 0 Å². The molecule has 0 fully saturated rings. The number of benzene rings is 1. The van der Waals surface area contributed by atoms with Gasteiger partial charge in [0.05, 0.1) is 6.04 Å². The third-order valence-electron chi connectivity index (χ3n) is 4.93. The first kappa shape index (κ1) is 19.5. The molecule has 1 aromatic heterocycles. The van der Waals surface area contributed by atoms with Crippen molar-refractivity contribution in [1.82, 2.24) is 9.55 Å². The van der Waals surface area contributed by atoms with Crippen molar-refractivity contribution in [3.63, 3.8) is 0 Å². The van der Waals surface area contributed by atoms with Crippen molar-refractivity contribution in [3.8, 4) is 0 Å². The van der Waals surface area contributed by atoms with Gasteiger partial charge in [0.15, 0.2) is 5.16 Å². The molecule has 7 heteroatoms. The van der Waals surface area contributed by atoms with E-state index < -0.39 is 0 Å². The molecule has 0 spiro atoms. The van der Waals surface area contributed by atoms with Crippen LogP contribution in [0, 0.1) is 13.8 Å². The van der Waals surface area contributed by atoms with Gasteiger partial charge in [0.2, 0.25) is 5.91 Å². The zero-order chi connectivity index (χ0) is 19.6. The fourth-order valence-electron chi connectivity index (χ4n) is 3.36. The molecule has 3 rings (SSSR count). The van der Waals surface area contributed by atoms with Crippen LogP contribution >= 0.6 is 11.8 Å². The maximum atomic E-state index is 12.6. The van der Waals surface area contributed by atoms with Crippen LogP contribution in [0.4, 0.5) is 11.4 Å². The lowest BCUT2D eigenvalue weighted by atomic mass is 10.1. The van der Waals surface area contributed by atoms with E-state index in [4.69, 9.17) is 0 Å². The molecular weight excluding hydrogens is 360 g/mol. The third-order valence-corrected chi connectivity index (χ3v) is 6.05. The minimum absolute atomic E-state index is 0.0532. The fourth-order valence-corrected chi connectivity index (χ4v) is 4.47. The molecule has 2 aromatic rings. The predicted molar refractivity (Wildman–Crippen MR) is 111 cm³/mol. The molecule has 27 heavy (non-hydrogen) atoms. The lowest BCUT2D eigenvalue weighted by molar-refractivity contribution is -0.116. The maximum absolute atomic E-state index is 12.6. The lowest BCUT2D eigenvalue weighted by Gasteiger charge is -2.22. The summed E-state index contributed by atoms with van der Waals surface area (Å²) in [6.07, 6.45) is 1.87. The summed E-state index contributed by atoms with van der Waals surface area (Å²) in [5, 5.41) is 3.70. The Bertz CT molecular complexity index is 905. The van der Waals surface area contributed by atoms with Gasteiger partial charge in [-0.25, -0.2) is 4.98 Å². The Morgan fingerprint density at radius 3 is 2.70 bits per heavy atom. The van der Waals surface area contributed by atoms with E-state index in [-0.39, 0.29) is 23.9 Å². The topological polar surface area (TPSA) is 67.2 Å². The predicted octanol–water partition coefficient (Wildman–Crippen LogP) is 3.38. The summed E-state index contributed by atoms with van der Waals surface area (Å²) < 4.78 is 1.66. The Morgan fingerprint density at radius 1 is 1.30 bits per heavy atom. The SMILES string of the molecule is CCN(CC)c1ccc(NC(=O)CC2CSc3ncc(C)c(=O)n32)c(C)c1. The first-order valence-electron chi connectivity index (χ1n) is 9.31. The van der Waals surface area contributed by atoms with Crippen LogP contribution in [0.25, 0.3) is 0 Å². The molecule has 1 aliphatic heterocycles. The van der Waals surface area contributed by atoms with Gasteiger partial charge in [-0.1, -0.05) is 11.8 Å². The van der Waals surface area contributed by atoms with E-state index in [0.29, 0.717) is 16.5 Å². The largest absolute Gasteiger partial charge is 0.372 e. The number of amides is 1. The molecule has 1 aromatic carbocycles. The van der Waals surface area contributed by atoms with E-state index in [2.05, 4.69) is 35.1 Å². The molecule has 2 heterocycles. The van der Waals surface area contributed by atoms with Crippen LogP contribution in [0.15, 0.2) is 34.3 Å². The average molecular weight is 387 g/mol. The van der Waals surface area contributed by atoms with Crippen molar-refractivity contribution < 1.29 is 4.79 Å². The van der Waals surface area contributed by atoms with E-state index in [0.717, 1.165) is 30.0 Å².